The van der Waals surface area contributed by atoms with Crippen LogP contribution >= 0.6 is 0 Å². The topological polar surface area (TPSA) is 34.2 Å². The molecular formula is C15H26N2O. The van der Waals surface area contributed by atoms with Gasteiger partial charge in [0.05, 0.1) is 13.3 Å². The quantitative estimate of drug-likeness (QED) is 0.838. The van der Waals surface area contributed by atoms with E-state index < -0.39 is 0 Å². The van der Waals surface area contributed by atoms with Crippen molar-refractivity contribution in [2.45, 2.75) is 46.6 Å². The molecule has 0 bridgehead atoms. The summed E-state index contributed by atoms with van der Waals surface area (Å²) in [6, 6.07) is 2.42. The number of pyridine rings is 1. The maximum atomic E-state index is 5.25. The summed E-state index contributed by atoms with van der Waals surface area (Å²) < 4.78 is 5.25. The summed E-state index contributed by atoms with van der Waals surface area (Å²) in [5, 5.41) is 3.60. The van der Waals surface area contributed by atoms with E-state index in [1.165, 1.54) is 5.56 Å². The standard InChI is InChI=1S/C15H26N2O/c1-6-7-17-14(9-15(2,3)4)12-8-13(18-5)11-16-10-12/h8,10-11,14,17H,6-7,9H2,1-5H3. The van der Waals surface area contributed by atoms with Crippen LogP contribution < -0.4 is 10.1 Å². The smallest absolute Gasteiger partial charge is 0.137 e. The molecule has 1 N–H and O–H groups in total. The Morgan fingerprint density at radius 2 is 2.06 bits per heavy atom. The van der Waals surface area contributed by atoms with Gasteiger partial charge in [-0.15, -0.1) is 0 Å². The van der Waals surface area contributed by atoms with Crippen LogP contribution in [0, 0.1) is 5.41 Å². The predicted octanol–water partition coefficient (Wildman–Crippen LogP) is 3.57. The Hall–Kier alpha value is -1.09. The van der Waals surface area contributed by atoms with Gasteiger partial charge >= 0.3 is 0 Å². The number of nitrogens with zero attached hydrogens (tertiary/aromatic N) is 1. The van der Waals surface area contributed by atoms with E-state index in [2.05, 4.69) is 44.1 Å². The lowest BCUT2D eigenvalue weighted by Gasteiger charge is -2.27. The van der Waals surface area contributed by atoms with Crippen LogP contribution in [0.3, 0.4) is 0 Å². The first-order chi connectivity index (χ1) is 8.46. The summed E-state index contributed by atoms with van der Waals surface area (Å²) in [4.78, 5) is 4.25. The van der Waals surface area contributed by atoms with E-state index in [0.29, 0.717) is 6.04 Å². The fourth-order valence-corrected chi connectivity index (χ4v) is 1.98. The van der Waals surface area contributed by atoms with Gasteiger partial charge in [-0.2, -0.15) is 0 Å². The van der Waals surface area contributed by atoms with Crippen LogP contribution in [-0.2, 0) is 0 Å². The molecule has 0 fully saturated rings. The Labute approximate surface area is 111 Å². The van der Waals surface area contributed by atoms with Gasteiger partial charge < -0.3 is 10.1 Å². The lowest BCUT2D eigenvalue weighted by atomic mass is 9.86. The number of aromatic nitrogens is 1. The molecular weight excluding hydrogens is 224 g/mol. The molecule has 1 heterocycles. The summed E-state index contributed by atoms with van der Waals surface area (Å²) in [5.74, 6) is 0.824. The maximum absolute atomic E-state index is 5.25. The average Bonchev–Trinajstić information content (AvgIpc) is 2.33. The minimum absolute atomic E-state index is 0.286. The van der Waals surface area contributed by atoms with Crippen molar-refractivity contribution >= 4 is 0 Å². The van der Waals surface area contributed by atoms with Crippen LogP contribution in [0.25, 0.3) is 0 Å². The fourth-order valence-electron chi connectivity index (χ4n) is 1.98. The minimum atomic E-state index is 0.286. The third-order valence-electron chi connectivity index (χ3n) is 2.83. The highest BCUT2D eigenvalue weighted by molar-refractivity contribution is 5.26. The van der Waals surface area contributed by atoms with Crippen molar-refractivity contribution in [2.75, 3.05) is 13.7 Å². The van der Waals surface area contributed by atoms with Crippen molar-refractivity contribution in [3.8, 4) is 5.75 Å². The Morgan fingerprint density at radius 1 is 1.33 bits per heavy atom. The Balaban J connectivity index is 2.86. The van der Waals surface area contributed by atoms with Crippen LogP contribution in [0.5, 0.6) is 5.75 Å². The van der Waals surface area contributed by atoms with Crippen LogP contribution in [0.1, 0.15) is 52.1 Å². The molecule has 0 saturated heterocycles. The zero-order chi connectivity index (χ0) is 13.6. The van der Waals surface area contributed by atoms with Gasteiger partial charge in [0, 0.05) is 12.2 Å². The van der Waals surface area contributed by atoms with Crippen molar-refractivity contribution in [3.63, 3.8) is 0 Å². The lowest BCUT2D eigenvalue weighted by molar-refractivity contribution is 0.310. The highest BCUT2D eigenvalue weighted by Crippen LogP contribution is 2.30. The number of hydrogen-bond donors (Lipinski definition) is 1. The number of methoxy groups -OCH3 is 1. The van der Waals surface area contributed by atoms with Gasteiger partial charge in [0.25, 0.3) is 0 Å². The second-order valence-corrected chi connectivity index (χ2v) is 5.93. The van der Waals surface area contributed by atoms with E-state index in [0.717, 1.165) is 25.1 Å². The van der Waals surface area contributed by atoms with E-state index in [1.54, 1.807) is 13.3 Å². The molecule has 18 heavy (non-hydrogen) atoms. The first-order valence-corrected chi connectivity index (χ1v) is 6.68. The maximum Gasteiger partial charge on any atom is 0.137 e. The number of ether oxygens (including phenoxy) is 1. The Morgan fingerprint density at radius 3 is 2.61 bits per heavy atom. The molecule has 1 atom stereocenters. The van der Waals surface area contributed by atoms with E-state index in [1.807, 2.05) is 6.20 Å². The molecule has 0 aliphatic heterocycles. The van der Waals surface area contributed by atoms with E-state index in [4.69, 9.17) is 4.74 Å². The molecule has 102 valence electrons. The molecule has 0 radical (unpaired) electrons. The molecule has 1 aromatic heterocycles. The average molecular weight is 250 g/mol. The van der Waals surface area contributed by atoms with E-state index >= 15 is 0 Å². The zero-order valence-electron chi connectivity index (χ0n) is 12.3. The van der Waals surface area contributed by atoms with Gasteiger partial charge in [-0.05, 0) is 36.4 Å². The SMILES string of the molecule is CCCNC(CC(C)(C)C)c1cncc(OC)c1. The van der Waals surface area contributed by atoms with Gasteiger partial charge in [-0.1, -0.05) is 27.7 Å². The van der Waals surface area contributed by atoms with Crippen molar-refractivity contribution < 1.29 is 4.74 Å². The van der Waals surface area contributed by atoms with Crippen LogP contribution in [-0.4, -0.2) is 18.6 Å². The first kappa shape index (κ1) is 15.0. The molecule has 3 heteroatoms. The molecule has 3 nitrogen and oxygen atoms in total. The molecule has 1 unspecified atom stereocenters. The molecule has 0 aliphatic rings. The summed E-state index contributed by atoms with van der Waals surface area (Å²) in [6.07, 6.45) is 5.90. The van der Waals surface area contributed by atoms with Crippen molar-refractivity contribution in [3.05, 3.63) is 24.0 Å². The largest absolute Gasteiger partial charge is 0.495 e. The van der Waals surface area contributed by atoms with E-state index in [-0.39, 0.29) is 5.41 Å². The van der Waals surface area contributed by atoms with Gasteiger partial charge in [-0.3, -0.25) is 4.98 Å². The summed E-state index contributed by atoms with van der Waals surface area (Å²) >= 11 is 0. The van der Waals surface area contributed by atoms with Crippen LogP contribution in [0.2, 0.25) is 0 Å². The number of nitrogens with one attached hydrogen (secondary N) is 1. The van der Waals surface area contributed by atoms with Crippen LogP contribution in [0.15, 0.2) is 18.5 Å². The molecule has 0 aliphatic carbocycles. The Kier molecular flexibility index (Phi) is 5.60. The molecule has 0 aromatic carbocycles. The lowest BCUT2D eigenvalue weighted by Crippen LogP contribution is -2.26. The van der Waals surface area contributed by atoms with Crippen molar-refractivity contribution in [2.24, 2.45) is 5.41 Å². The third kappa shape index (κ3) is 5.05. The Bertz CT molecular complexity index is 358. The third-order valence-corrected chi connectivity index (χ3v) is 2.83. The first-order valence-electron chi connectivity index (χ1n) is 6.68. The van der Waals surface area contributed by atoms with Gasteiger partial charge in [-0.25, -0.2) is 0 Å². The fraction of sp³-hybridized carbons (Fsp3) is 0.667. The highest BCUT2D eigenvalue weighted by Gasteiger charge is 2.20. The van der Waals surface area contributed by atoms with Gasteiger partial charge in [0.1, 0.15) is 5.75 Å². The molecule has 1 aromatic rings. The molecule has 1 rings (SSSR count). The molecule has 0 saturated carbocycles. The summed E-state index contributed by atoms with van der Waals surface area (Å²) in [7, 11) is 1.68. The second-order valence-electron chi connectivity index (χ2n) is 5.93. The van der Waals surface area contributed by atoms with Gasteiger partial charge in [0.2, 0.25) is 0 Å². The second kappa shape index (κ2) is 6.74. The highest BCUT2D eigenvalue weighted by atomic mass is 16.5. The van der Waals surface area contributed by atoms with Crippen LogP contribution in [0.4, 0.5) is 0 Å². The monoisotopic (exact) mass is 250 g/mol. The minimum Gasteiger partial charge on any atom is -0.495 e. The van der Waals surface area contributed by atoms with Crippen molar-refractivity contribution in [1.29, 1.82) is 0 Å². The normalized spacial score (nSPS) is 13.4. The number of hydrogen-bond acceptors (Lipinski definition) is 3. The zero-order valence-corrected chi connectivity index (χ0v) is 12.3. The predicted molar refractivity (Wildman–Crippen MR) is 75.9 cm³/mol. The molecule has 0 spiro atoms. The molecule has 0 amide bonds. The van der Waals surface area contributed by atoms with Gasteiger partial charge in [0.15, 0.2) is 0 Å². The number of rotatable bonds is 6. The summed E-state index contributed by atoms with van der Waals surface area (Å²) in [5.41, 5.74) is 1.49. The van der Waals surface area contributed by atoms with E-state index in [9.17, 15) is 0 Å². The van der Waals surface area contributed by atoms with Crippen molar-refractivity contribution in [1.82, 2.24) is 10.3 Å². The summed E-state index contributed by atoms with van der Waals surface area (Å²) in [6.45, 7) is 10.0.